The van der Waals surface area contributed by atoms with E-state index in [2.05, 4.69) is 29.8 Å². The molecule has 0 saturated heterocycles. The standard InChI is InChI=1S/C14H21N3O2/c1-10(2)13(11-7-5-4-6-8-11)16-9-12(18)17-14(19)15-3/h4-8,10,13,16H,9H2,1-3H3,(H2,15,17,18,19)/t13-/m0/s1. The van der Waals surface area contributed by atoms with Crippen molar-refractivity contribution in [1.82, 2.24) is 16.0 Å². The van der Waals surface area contributed by atoms with Gasteiger partial charge in [0.1, 0.15) is 0 Å². The SMILES string of the molecule is CNC(=O)NC(=O)CN[C@H](c1ccccc1)C(C)C. The van der Waals surface area contributed by atoms with Crippen LogP contribution >= 0.6 is 0 Å². The van der Waals surface area contributed by atoms with E-state index in [-0.39, 0.29) is 18.5 Å². The highest BCUT2D eigenvalue weighted by molar-refractivity contribution is 5.95. The van der Waals surface area contributed by atoms with Crippen LogP contribution in [0, 0.1) is 5.92 Å². The minimum atomic E-state index is -0.493. The zero-order chi connectivity index (χ0) is 14.3. The van der Waals surface area contributed by atoms with Gasteiger partial charge in [0.2, 0.25) is 5.91 Å². The van der Waals surface area contributed by atoms with E-state index in [9.17, 15) is 9.59 Å². The minimum Gasteiger partial charge on any atom is -0.341 e. The maximum absolute atomic E-state index is 11.5. The summed E-state index contributed by atoms with van der Waals surface area (Å²) in [6.07, 6.45) is 0. The van der Waals surface area contributed by atoms with Crippen molar-refractivity contribution in [2.45, 2.75) is 19.9 Å². The Morgan fingerprint density at radius 1 is 1.16 bits per heavy atom. The molecule has 0 bridgehead atoms. The number of hydrogen-bond acceptors (Lipinski definition) is 3. The first-order chi connectivity index (χ1) is 9.04. The van der Waals surface area contributed by atoms with Crippen LogP contribution in [-0.4, -0.2) is 25.5 Å². The van der Waals surface area contributed by atoms with E-state index in [1.807, 2.05) is 30.3 Å². The molecule has 5 nitrogen and oxygen atoms in total. The largest absolute Gasteiger partial charge is 0.341 e. The molecule has 1 aromatic rings. The van der Waals surface area contributed by atoms with Gasteiger partial charge in [0.25, 0.3) is 0 Å². The smallest absolute Gasteiger partial charge is 0.321 e. The van der Waals surface area contributed by atoms with Crippen LogP contribution in [0.2, 0.25) is 0 Å². The van der Waals surface area contributed by atoms with Gasteiger partial charge >= 0.3 is 6.03 Å². The Bertz CT molecular complexity index is 418. The number of benzene rings is 1. The molecule has 3 amide bonds. The first-order valence-corrected chi connectivity index (χ1v) is 6.34. The number of nitrogens with one attached hydrogen (secondary N) is 3. The van der Waals surface area contributed by atoms with Crippen molar-refractivity contribution in [3.63, 3.8) is 0 Å². The average molecular weight is 263 g/mol. The molecule has 1 aromatic carbocycles. The molecule has 5 heteroatoms. The molecule has 0 aromatic heterocycles. The number of rotatable bonds is 5. The third-order valence-electron chi connectivity index (χ3n) is 2.79. The lowest BCUT2D eigenvalue weighted by molar-refractivity contribution is -0.119. The maximum Gasteiger partial charge on any atom is 0.321 e. The molecule has 0 radical (unpaired) electrons. The number of imide groups is 1. The predicted molar refractivity (Wildman–Crippen MR) is 74.6 cm³/mol. The van der Waals surface area contributed by atoms with Gasteiger partial charge in [0.05, 0.1) is 6.54 Å². The Morgan fingerprint density at radius 2 is 1.79 bits per heavy atom. The van der Waals surface area contributed by atoms with Crippen LogP contribution in [-0.2, 0) is 4.79 Å². The van der Waals surface area contributed by atoms with Crippen molar-refractivity contribution in [1.29, 1.82) is 0 Å². The Balaban J connectivity index is 2.56. The van der Waals surface area contributed by atoms with Crippen LogP contribution in [0.25, 0.3) is 0 Å². The lowest BCUT2D eigenvalue weighted by Gasteiger charge is -2.22. The fourth-order valence-corrected chi connectivity index (χ4v) is 1.83. The molecule has 0 aliphatic heterocycles. The molecule has 0 spiro atoms. The van der Waals surface area contributed by atoms with Crippen molar-refractivity contribution < 1.29 is 9.59 Å². The number of carbonyl (C=O) groups excluding carboxylic acids is 2. The second-order valence-corrected chi connectivity index (χ2v) is 4.64. The van der Waals surface area contributed by atoms with Crippen molar-refractivity contribution in [3.8, 4) is 0 Å². The molecule has 0 saturated carbocycles. The van der Waals surface area contributed by atoms with Crippen LogP contribution in [0.4, 0.5) is 4.79 Å². The molecule has 0 aliphatic rings. The summed E-state index contributed by atoms with van der Waals surface area (Å²) >= 11 is 0. The Labute approximate surface area is 113 Å². The fourth-order valence-electron chi connectivity index (χ4n) is 1.83. The topological polar surface area (TPSA) is 70.2 Å². The Kier molecular flexibility index (Phi) is 6.02. The molecule has 19 heavy (non-hydrogen) atoms. The summed E-state index contributed by atoms with van der Waals surface area (Å²) in [5.74, 6) is -0.00358. The van der Waals surface area contributed by atoms with Crippen LogP contribution in [0.5, 0.6) is 0 Å². The molecule has 104 valence electrons. The van der Waals surface area contributed by atoms with Crippen LogP contribution in [0.3, 0.4) is 0 Å². The maximum atomic E-state index is 11.5. The summed E-state index contributed by atoms with van der Waals surface area (Å²) in [4.78, 5) is 22.5. The van der Waals surface area contributed by atoms with Crippen LogP contribution < -0.4 is 16.0 Å². The lowest BCUT2D eigenvalue weighted by Crippen LogP contribution is -2.43. The molecule has 0 unspecified atom stereocenters. The van der Waals surface area contributed by atoms with Crippen molar-refractivity contribution in [2.24, 2.45) is 5.92 Å². The summed E-state index contributed by atoms with van der Waals surface area (Å²) in [5, 5.41) is 7.74. The van der Waals surface area contributed by atoms with Gasteiger partial charge in [-0.15, -0.1) is 0 Å². The quantitative estimate of drug-likeness (QED) is 0.752. The summed E-state index contributed by atoms with van der Waals surface area (Å²) in [6, 6.07) is 9.53. The predicted octanol–water partition coefficient (Wildman–Crippen LogP) is 1.43. The van der Waals surface area contributed by atoms with E-state index in [0.29, 0.717) is 5.92 Å². The highest BCUT2D eigenvalue weighted by Gasteiger charge is 2.16. The van der Waals surface area contributed by atoms with Gasteiger partial charge in [-0.3, -0.25) is 10.1 Å². The highest BCUT2D eigenvalue weighted by atomic mass is 16.2. The van der Waals surface area contributed by atoms with E-state index >= 15 is 0 Å². The van der Waals surface area contributed by atoms with Crippen molar-refractivity contribution in [3.05, 3.63) is 35.9 Å². The van der Waals surface area contributed by atoms with Gasteiger partial charge in [-0.2, -0.15) is 0 Å². The van der Waals surface area contributed by atoms with Gasteiger partial charge in [-0.05, 0) is 11.5 Å². The zero-order valence-electron chi connectivity index (χ0n) is 11.6. The third-order valence-corrected chi connectivity index (χ3v) is 2.79. The molecular weight excluding hydrogens is 242 g/mol. The Morgan fingerprint density at radius 3 is 2.32 bits per heavy atom. The van der Waals surface area contributed by atoms with E-state index in [1.165, 1.54) is 7.05 Å². The lowest BCUT2D eigenvalue weighted by atomic mass is 9.96. The van der Waals surface area contributed by atoms with E-state index in [4.69, 9.17) is 0 Å². The number of urea groups is 1. The van der Waals surface area contributed by atoms with E-state index < -0.39 is 6.03 Å². The Hall–Kier alpha value is -1.88. The third kappa shape index (κ3) is 5.09. The number of amides is 3. The molecule has 0 fully saturated rings. The van der Waals surface area contributed by atoms with Crippen molar-refractivity contribution >= 4 is 11.9 Å². The second kappa shape index (κ2) is 7.53. The molecule has 0 aliphatic carbocycles. The van der Waals surface area contributed by atoms with Crippen molar-refractivity contribution in [2.75, 3.05) is 13.6 Å². The fraction of sp³-hybridized carbons (Fsp3) is 0.429. The highest BCUT2D eigenvalue weighted by Crippen LogP contribution is 2.20. The summed E-state index contributed by atoms with van der Waals surface area (Å²) in [5.41, 5.74) is 1.13. The molecule has 1 rings (SSSR count). The first kappa shape index (κ1) is 15.2. The number of hydrogen-bond donors (Lipinski definition) is 3. The monoisotopic (exact) mass is 263 g/mol. The molecular formula is C14H21N3O2. The summed E-state index contributed by atoms with van der Waals surface area (Å²) in [7, 11) is 1.47. The van der Waals surface area contributed by atoms with Gasteiger partial charge in [0.15, 0.2) is 0 Å². The van der Waals surface area contributed by atoms with Crippen LogP contribution in [0.1, 0.15) is 25.5 Å². The molecule has 3 N–H and O–H groups in total. The van der Waals surface area contributed by atoms with Gasteiger partial charge in [0, 0.05) is 13.1 Å². The molecule has 1 atom stereocenters. The minimum absolute atomic E-state index is 0.0802. The average Bonchev–Trinajstić information content (AvgIpc) is 2.39. The second-order valence-electron chi connectivity index (χ2n) is 4.64. The van der Waals surface area contributed by atoms with Crippen LogP contribution in [0.15, 0.2) is 30.3 Å². The van der Waals surface area contributed by atoms with E-state index in [1.54, 1.807) is 0 Å². The zero-order valence-corrected chi connectivity index (χ0v) is 11.6. The van der Waals surface area contributed by atoms with Gasteiger partial charge in [-0.1, -0.05) is 44.2 Å². The summed E-state index contributed by atoms with van der Waals surface area (Å²) < 4.78 is 0. The molecule has 0 heterocycles. The van der Waals surface area contributed by atoms with Gasteiger partial charge < -0.3 is 10.6 Å². The normalized spacial score (nSPS) is 12.0. The van der Waals surface area contributed by atoms with Gasteiger partial charge in [-0.25, -0.2) is 4.79 Å². The van der Waals surface area contributed by atoms with E-state index in [0.717, 1.165) is 5.56 Å². The summed E-state index contributed by atoms with van der Waals surface area (Å²) in [6.45, 7) is 4.27. The first-order valence-electron chi connectivity index (χ1n) is 6.34. The number of carbonyl (C=O) groups is 2.